The van der Waals surface area contributed by atoms with Crippen LogP contribution in [0.3, 0.4) is 0 Å². The lowest BCUT2D eigenvalue weighted by atomic mass is 10.2. The SMILES string of the molecule is O=C(CNC(=O)C1CC1)Nc1nc(-c2ccc(OC(F)F)cc2)ns1. The monoisotopic (exact) mass is 368 g/mol. The number of alkyl halides is 2. The van der Waals surface area contributed by atoms with Gasteiger partial charge in [-0.3, -0.25) is 14.9 Å². The summed E-state index contributed by atoms with van der Waals surface area (Å²) in [6.45, 7) is -3.00. The van der Waals surface area contributed by atoms with Gasteiger partial charge in [-0.1, -0.05) is 0 Å². The lowest BCUT2D eigenvalue weighted by molar-refractivity contribution is -0.125. The van der Waals surface area contributed by atoms with Gasteiger partial charge in [0.25, 0.3) is 0 Å². The molecule has 1 fully saturated rings. The van der Waals surface area contributed by atoms with Gasteiger partial charge in [0, 0.05) is 23.0 Å². The second kappa shape index (κ2) is 7.51. The van der Waals surface area contributed by atoms with E-state index >= 15 is 0 Å². The molecule has 0 bridgehead atoms. The zero-order valence-electron chi connectivity index (χ0n) is 12.9. The largest absolute Gasteiger partial charge is 0.435 e. The summed E-state index contributed by atoms with van der Waals surface area (Å²) in [7, 11) is 0. The van der Waals surface area contributed by atoms with Crippen molar-refractivity contribution >= 4 is 28.5 Å². The predicted octanol–water partition coefficient (Wildman–Crippen LogP) is 2.27. The van der Waals surface area contributed by atoms with Crippen LogP contribution in [0.15, 0.2) is 24.3 Å². The van der Waals surface area contributed by atoms with E-state index in [1.54, 1.807) is 12.1 Å². The Hall–Kier alpha value is -2.62. The first kappa shape index (κ1) is 17.2. The van der Waals surface area contributed by atoms with Gasteiger partial charge in [-0.25, -0.2) is 0 Å². The first-order valence-electron chi connectivity index (χ1n) is 7.48. The molecule has 0 unspecified atom stereocenters. The van der Waals surface area contributed by atoms with E-state index in [9.17, 15) is 18.4 Å². The lowest BCUT2D eigenvalue weighted by Gasteiger charge is -2.04. The minimum atomic E-state index is -2.88. The number of amides is 2. The maximum absolute atomic E-state index is 12.1. The van der Waals surface area contributed by atoms with Crippen LogP contribution in [0.1, 0.15) is 12.8 Å². The molecule has 2 N–H and O–H groups in total. The van der Waals surface area contributed by atoms with Crippen molar-refractivity contribution in [2.75, 3.05) is 11.9 Å². The van der Waals surface area contributed by atoms with Crippen molar-refractivity contribution in [2.24, 2.45) is 5.92 Å². The van der Waals surface area contributed by atoms with E-state index in [4.69, 9.17) is 0 Å². The van der Waals surface area contributed by atoms with E-state index in [-0.39, 0.29) is 29.3 Å². The second-order valence-electron chi connectivity index (χ2n) is 5.37. The normalized spacial score (nSPS) is 13.6. The van der Waals surface area contributed by atoms with Gasteiger partial charge in [-0.15, -0.1) is 0 Å². The average Bonchev–Trinajstić information content (AvgIpc) is 3.33. The van der Waals surface area contributed by atoms with Crippen molar-refractivity contribution in [1.82, 2.24) is 14.7 Å². The highest BCUT2D eigenvalue weighted by molar-refractivity contribution is 7.10. The Kier molecular flexibility index (Phi) is 5.17. The van der Waals surface area contributed by atoms with Gasteiger partial charge >= 0.3 is 6.61 Å². The van der Waals surface area contributed by atoms with E-state index in [2.05, 4.69) is 24.7 Å². The number of rotatable bonds is 7. The summed E-state index contributed by atoms with van der Waals surface area (Å²) in [5.74, 6) is -0.0747. The third-order valence-electron chi connectivity index (χ3n) is 3.38. The first-order chi connectivity index (χ1) is 12.0. The van der Waals surface area contributed by atoms with Crippen molar-refractivity contribution in [3.8, 4) is 17.1 Å². The molecule has 2 aromatic rings. The molecule has 2 amide bonds. The van der Waals surface area contributed by atoms with Gasteiger partial charge in [0.2, 0.25) is 16.9 Å². The Balaban J connectivity index is 1.54. The molecule has 1 aromatic heterocycles. The molecule has 132 valence electrons. The van der Waals surface area contributed by atoms with Crippen LogP contribution >= 0.6 is 11.5 Å². The Morgan fingerprint density at radius 1 is 1.28 bits per heavy atom. The number of carbonyl (C=O) groups excluding carboxylic acids is 2. The molecule has 0 atom stereocenters. The highest BCUT2D eigenvalue weighted by Gasteiger charge is 2.29. The van der Waals surface area contributed by atoms with Crippen LogP contribution in [0.4, 0.5) is 13.9 Å². The molecule has 0 radical (unpaired) electrons. The van der Waals surface area contributed by atoms with Crippen LogP contribution in [0.5, 0.6) is 5.75 Å². The predicted molar refractivity (Wildman–Crippen MR) is 86.3 cm³/mol. The summed E-state index contributed by atoms with van der Waals surface area (Å²) in [5.41, 5.74) is 0.598. The summed E-state index contributed by atoms with van der Waals surface area (Å²) in [6, 6.07) is 5.85. The minimum absolute atomic E-state index is 0.0360. The molecule has 1 aromatic carbocycles. The summed E-state index contributed by atoms with van der Waals surface area (Å²) < 4.78 is 32.6. The number of nitrogens with zero attached hydrogens (tertiary/aromatic N) is 2. The number of carbonyl (C=O) groups is 2. The van der Waals surface area contributed by atoms with Crippen LogP contribution in [0, 0.1) is 5.92 Å². The topological polar surface area (TPSA) is 93.2 Å². The summed E-state index contributed by atoms with van der Waals surface area (Å²) >= 11 is 0.983. The average molecular weight is 368 g/mol. The Morgan fingerprint density at radius 3 is 2.64 bits per heavy atom. The smallest absolute Gasteiger partial charge is 0.387 e. The second-order valence-corrected chi connectivity index (χ2v) is 6.12. The number of nitrogens with one attached hydrogen (secondary N) is 2. The van der Waals surface area contributed by atoms with Crippen LogP contribution in [-0.2, 0) is 9.59 Å². The van der Waals surface area contributed by atoms with Gasteiger partial charge < -0.3 is 10.1 Å². The quantitative estimate of drug-likeness (QED) is 0.782. The fourth-order valence-corrected chi connectivity index (χ4v) is 2.60. The van der Waals surface area contributed by atoms with Gasteiger partial charge in [-0.05, 0) is 37.1 Å². The van der Waals surface area contributed by atoms with E-state index in [1.807, 2.05) is 0 Å². The Morgan fingerprint density at radius 2 is 2.00 bits per heavy atom. The number of benzene rings is 1. The van der Waals surface area contributed by atoms with E-state index in [0.29, 0.717) is 11.4 Å². The molecule has 1 aliphatic carbocycles. The van der Waals surface area contributed by atoms with Gasteiger partial charge in [-0.2, -0.15) is 18.1 Å². The Bertz CT molecular complexity index is 762. The third-order valence-corrected chi connectivity index (χ3v) is 4.01. The van der Waals surface area contributed by atoms with Crippen molar-refractivity contribution in [2.45, 2.75) is 19.5 Å². The van der Waals surface area contributed by atoms with Crippen molar-refractivity contribution in [1.29, 1.82) is 0 Å². The standard InChI is InChI=1S/C15H14F2N4O3S/c16-14(17)24-10-5-3-8(4-6-10)12-20-15(25-21-12)19-11(22)7-18-13(23)9-1-2-9/h3-6,9,14H,1-2,7H2,(H,18,23)(H,19,20,21,22). The number of hydrogen-bond acceptors (Lipinski definition) is 6. The molecular weight excluding hydrogens is 354 g/mol. The molecule has 0 aliphatic heterocycles. The van der Waals surface area contributed by atoms with Gasteiger partial charge in [0.15, 0.2) is 5.82 Å². The number of anilines is 1. The lowest BCUT2D eigenvalue weighted by Crippen LogP contribution is -2.33. The molecule has 1 saturated carbocycles. The molecule has 10 heteroatoms. The molecule has 1 heterocycles. The minimum Gasteiger partial charge on any atom is -0.435 e. The van der Waals surface area contributed by atoms with E-state index in [1.165, 1.54) is 12.1 Å². The summed E-state index contributed by atoms with van der Waals surface area (Å²) in [4.78, 5) is 27.4. The molecule has 0 spiro atoms. The molecule has 0 saturated heterocycles. The van der Waals surface area contributed by atoms with Crippen LogP contribution < -0.4 is 15.4 Å². The molecule has 25 heavy (non-hydrogen) atoms. The highest BCUT2D eigenvalue weighted by Crippen LogP contribution is 2.28. The first-order valence-corrected chi connectivity index (χ1v) is 8.25. The number of ether oxygens (including phenoxy) is 1. The third kappa shape index (κ3) is 4.92. The number of aromatic nitrogens is 2. The summed E-state index contributed by atoms with van der Waals surface area (Å²) in [6.07, 6.45) is 1.74. The van der Waals surface area contributed by atoms with E-state index < -0.39 is 12.5 Å². The maximum atomic E-state index is 12.1. The molecule has 7 nitrogen and oxygen atoms in total. The van der Waals surface area contributed by atoms with Gasteiger partial charge in [0.05, 0.1) is 6.54 Å². The molecular formula is C15H14F2N4O3S. The van der Waals surface area contributed by atoms with Gasteiger partial charge in [0.1, 0.15) is 5.75 Å². The maximum Gasteiger partial charge on any atom is 0.387 e. The van der Waals surface area contributed by atoms with Crippen molar-refractivity contribution in [3.05, 3.63) is 24.3 Å². The number of hydrogen-bond donors (Lipinski definition) is 2. The van der Waals surface area contributed by atoms with Crippen LogP contribution in [0.2, 0.25) is 0 Å². The number of halogens is 2. The molecule has 1 aliphatic rings. The summed E-state index contributed by atoms with van der Waals surface area (Å²) in [5, 5.41) is 5.39. The van der Waals surface area contributed by atoms with Crippen LogP contribution in [0.25, 0.3) is 11.4 Å². The zero-order valence-corrected chi connectivity index (χ0v) is 13.7. The highest BCUT2D eigenvalue weighted by atomic mass is 32.1. The Labute approximate surface area is 145 Å². The molecule has 3 rings (SSSR count). The van der Waals surface area contributed by atoms with Crippen molar-refractivity contribution < 1.29 is 23.1 Å². The fourth-order valence-electron chi connectivity index (χ4n) is 2.00. The fraction of sp³-hybridized carbons (Fsp3) is 0.333. The van der Waals surface area contributed by atoms with Crippen LogP contribution in [-0.4, -0.2) is 34.3 Å². The van der Waals surface area contributed by atoms with E-state index in [0.717, 1.165) is 24.4 Å². The van der Waals surface area contributed by atoms with Crippen molar-refractivity contribution in [3.63, 3.8) is 0 Å². The zero-order chi connectivity index (χ0) is 17.8.